The zero-order chi connectivity index (χ0) is 77.7. The minimum Gasteiger partial charge on any atom is -0.508 e. The smallest absolute Gasteiger partial charge is 0.305 e. The van der Waals surface area contributed by atoms with Gasteiger partial charge in [0.1, 0.15) is 60.1 Å². The third-order valence-electron chi connectivity index (χ3n) is 17.6. The van der Waals surface area contributed by atoms with Gasteiger partial charge in [0.2, 0.25) is 70.9 Å². The van der Waals surface area contributed by atoms with Gasteiger partial charge in [-0.15, -0.1) is 0 Å². The van der Waals surface area contributed by atoms with Crippen LogP contribution in [0.1, 0.15) is 109 Å². The van der Waals surface area contributed by atoms with Gasteiger partial charge in [-0.3, -0.25) is 67.7 Å². The van der Waals surface area contributed by atoms with Crippen LogP contribution < -0.4 is 75.7 Å². The van der Waals surface area contributed by atoms with E-state index in [0.717, 1.165) is 0 Å². The number of H-pyrrole nitrogens is 1. The molecule has 12 amide bonds. The van der Waals surface area contributed by atoms with Crippen LogP contribution in [0, 0.1) is 23.2 Å². The molecule has 1 aliphatic heterocycles. The van der Waals surface area contributed by atoms with Crippen molar-refractivity contribution in [1.82, 2.24) is 68.4 Å². The molecule has 0 saturated carbocycles. The fraction of sp³-hybridized carbons (Fsp3) is 0.459. The maximum atomic E-state index is 15.0. The molecular formula is C74H101N17O15. The van der Waals surface area contributed by atoms with Crippen molar-refractivity contribution < 1.29 is 72.5 Å². The van der Waals surface area contributed by atoms with Crippen molar-refractivity contribution >= 4 is 93.7 Å². The number of aromatic amines is 1. The summed E-state index contributed by atoms with van der Waals surface area (Å²) in [4.78, 5) is 186. The van der Waals surface area contributed by atoms with Gasteiger partial charge in [0.15, 0.2) is 5.96 Å². The number of likely N-dealkylation sites (tertiary alicyclic amines) is 1. The first kappa shape index (κ1) is 83.5. The summed E-state index contributed by atoms with van der Waals surface area (Å²) in [6.07, 6.45) is 0.700. The molecular weight excluding hydrogens is 1370 g/mol. The Balaban J connectivity index is 1.20. The second kappa shape index (κ2) is 41.2. The second-order valence-electron chi connectivity index (χ2n) is 27.6. The van der Waals surface area contributed by atoms with Crippen molar-refractivity contribution in [2.45, 2.75) is 173 Å². The van der Waals surface area contributed by atoms with Crippen LogP contribution in [0.15, 0.2) is 115 Å². The average molecular weight is 1470 g/mol. The number of carboxylic acid groups (broad SMARTS) is 1. The van der Waals surface area contributed by atoms with Crippen molar-refractivity contribution in [3.8, 4) is 5.75 Å². The molecule has 32 heteroatoms. The quantitative estimate of drug-likeness (QED) is 0.0134. The first-order valence-electron chi connectivity index (χ1n) is 35.4. The van der Waals surface area contributed by atoms with E-state index in [9.17, 15) is 72.5 Å². The van der Waals surface area contributed by atoms with Gasteiger partial charge < -0.3 is 95.8 Å². The highest BCUT2D eigenvalue weighted by molar-refractivity contribution is 6.00. The molecule has 32 nitrogen and oxygen atoms in total. The van der Waals surface area contributed by atoms with E-state index < -0.39 is 169 Å². The fourth-order valence-corrected chi connectivity index (χ4v) is 12.1. The van der Waals surface area contributed by atoms with Crippen LogP contribution in [-0.2, 0) is 88.0 Å². The summed E-state index contributed by atoms with van der Waals surface area (Å²) in [6.45, 7) is 9.60. The maximum absolute atomic E-state index is 15.0. The molecule has 21 N–H and O–H groups in total. The van der Waals surface area contributed by atoms with Crippen LogP contribution in [0.4, 0.5) is 0 Å². The molecule has 2 heterocycles. The SMILES string of the molecule is CC(C)C[C@H](NC(=O)[C@H](Cc1ccccc1)NC(=O)[C@@H]1CCCN1C(=O)CNC(=O)[C@H](CC(C)C)NC(=O)[C@@H](NC(=O)[C@@H](N)Cc1ccc(O)cc1)C(C)C)C(=O)N[C@@H](Cc1c[nH]c2ccccc12)C(=O)N[C@@H](CC(=O)O)C(=O)N[C@@H](CCCNC(=N)N)C(=O)N[C@@H](Cc1ccccc1)C(=O)NCC(N)=O. The number of phenols is 1. The number of benzene rings is 4. The summed E-state index contributed by atoms with van der Waals surface area (Å²) in [5, 5.41) is 57.1. The average Bonchev–Trinajstić information content (AvgIpc) is 1.66. The Bertz CT molecular complexity index is 3870. The molecule has 1 aliphatic rings. The van der Waals surface area contributed by atoms with E-state index in [2.05, 4.69) is 63.5 Å². The first-order chi connectivity index (χ1) is 50.3. The minimum atomic E-state index is -1.93. The van der Waals surface area contributed by atoms with Crippen LogP contribution in [-0.4, -0.2) is 190 Å². The summed E-state index contributed by atoms with van der Waals surface area (Å²) in [5.74, 6) is -12.7. The number of nitrogens with zero attached hydrogens (tertiary/aromatic N) is 1. The fourth-order valence-electron chi connectivity index (χ4n) is 12.1. The maximum Gasteiger partial charge on any atom is 0.305 e. The van der Waals surface area contributed by atoms with E-state index in [1.807, 2.05) is 13.8 Å². The van der Waals surface area contributed by atoms with Gasteiger partial charge >= 0.3 is 5.97 Å². The van der Waals surface area contributed by atoms with Gasteiger partial charge in [0.25, 0.3) is 0 Å². The van der Waals surface area contributed by atoms with Crippen LogP contribution >= 0.6 is 0 Å². The number of aromatic nitrogens is 1. The predicted octanol–water partition coefficient (Wildman–Crippen LogP) is -0.455. The number of para-hydroxylation sites is 1. The number of nitrogens with two attached hydrogens (primary N) is 3. The molecule has 0 radical (unpaired) electrons. The molecule has 0 spiro atoms. The number of hydrogen-bond donors (Lipinski definition) is 18. The molecule has 10 atom stereocenters. The number of hydrogen-bond acceptors (Lipinski definition) is 16. The molecule has 0 unspecified atom stereocenters. The van der Waals surface area contributed by atoms with Gasteiger partial charge in [-0.2, -0.15) is 0 Å². The molecule has 5 aromatic rings. The van der Waals surface area contributed by atoms with Gasteiger partial charge in [0.05, 0.1) is 25.6 Å². The lowest BCUT2D eigenvalue weighted by atomic mass is 9.99. The molecule has 0 aliphatic carbocycles. The van der Waals surface area contributed by atoms with E-state index in [4.69, 9.17) is 22.6 Å². The molecule has 0 bridgehead atoms. The standard InChI is InChI=1S/C74H101N17O15/c1-41(2)31-53(89-73(106)63(43(5)6)90-64(97)50(75)33-46-25-27-48(92)28-26-46)65(98)82-40-61(94)91-30-16-24-59(91)72(105)88-56(35-45-19-11-8-12-20-45)69(102)84-54(32-42(3)4)68(101)86-57(36-47-38-80-51-22-14-13-21-49(47)51)70(103)87-58(37-62(95)96)71(104)83-52(23-15-29-79-74(77)78)67(100)85-55(66(99)81-39-60(76)93)34-44-17-9-7-10-18-44/h7-14,17-22,25-28,38,41-43,50,52-59,63,80,92H,15-16,23-24,29-37,39-40,75H2,1-6H3,(H2,76,93)(H,81,99)(H,82,98)(H,83,104)(H,84,102)(H,85,100)(H,86,101)(H,87,103)(H,88,105)(H,89,106)(H,90,97)(H,95,96)(H4,77,78,79)/t50-,52-,53-,54-,55-,56-,57-,58-,59-,63-/m0/s1. The number of carbonyl (C=O) groups is 13. The molecule has 1 aromatic heterocycles. The lowest BCUT2D eigenvalue weighted by Gasteiger charge is -2.29. The number of fused-ring (bicyclic) bond motifs is 1. The van der Waals surface area contributed by atoms with Crippen molar-refractivity contribution in [2.24, 2.45) is 35.0 Å². The van der Waals surface area contributed by atoms with E-state index in [-0.39, 0.29) is 88.5 Å². The Morgan fingerprint density at radius 1 is 0.528 bits per heavy atom. The number of carboxylic acids is 1. The number of aliphatic carboxylic acids is 1. The van der Waals surface area contributed by atoms with Gasteiger partial charge in [-0.25, -0.2) is 0 Å². The molecule has 6 rings (SSSR count). The summed E-state index contributed by atoms with van der Waals surface area (Å²) >= 11 is 0. The van der Waals surface area contributed by atoms with E-state index in [1.54, 1.807) is 131 Å². The summed E-state index contributed by atoms with van der Waals surface area (Å²) in [6, 6.07) is 16.7. The Morgan fingerprint density at radius 2 is 1.01 bits per heavy atom. The first-order valence-corrected chi connectivity index (χ1v) is 35.4. The van der Waals surface area contributed by atoms with Crippen molar-refractivity contribution in [1.29, 1.82) is 5.41 Å². The van der Waals surface area contributed by atoms with Crippen LogP contribution in [0.5, 0.6) is 5.75 Å². The minimum absolute atomic E-state index is 0.0277. The number of primary amides is 1. The second-order valence-corrected chi connectivity index (χ2v) is 27.6. The molecule has 106 heavy (non-hydrogen) atoms. The topological polar surface area (TPSA) is 516 Å². The summed E-state index contributed by atoms with van der Waals surface area (Å²) in [5.41, 5.74) is 20.0. The van der Waals surface area contributed by atoms with Gasteiger partial charge in [-0.05, 0) is 103 Å². The highest BCUT2D eigenvalue weighted by Crippen LogP contribution is 2.22. The number of phenolic OH excluding ortho intramolecular Hbond substituents is 1. The number of rotatable bonds is 41. The predicted molar refractivity (Wildman–Crippen MR) is 393 cm³/mol. The van der Waals surface area contributed by atoms with Crippen molar-refractivity contribution in [3.63, 3.8) is 0 Å². The summed E-state index contributed by atoms with van der Waals surface area (Å²) in [7, 11) is 0. The van der Waals surface area contributed by atoms with Crippen LogP contribution in [0.3, 0.4) is 0 Å². The molecule has 4 aromatic carbocycles. The number of nitrogens with one attached hydrogen (secondary N) is 13. The zero-order valence-corrected chi connectivity index (χ0v) is 60.5. The Kier molecular flexibility index (Phi) is 32.4. The van der Waals surface area contributed by atoms with E-state index in [0.29, 0.717) is 39.6 Å². The van der Waals surface area contributed by atoms with E-state index in [1.165, 1.54) is 17.0 Å². The monoisotopic (exact) mass is 1470 g/mol. The Morgan fingerprint density at radius 3 is 1.58 bits per heavy atom. The molecule has 1 fully saturated rings. The highest BCUT2D eigenvalue weighted by Gasteiger charge is 2.40. The van der Waals surface area contributed by atoms with Gasteiger partial charge in [0, 0.05) is 49.5 Å². The summed E-state index contributed by atoms with van der Waals surface area (Å²) < 4.78 is 0. The third-order valence-corrected chi connectivity index (χ3v) is 17.6. The zero-order valence-electron chi connectivity index (χ0n) is 60.5. The van der Waals surface area contributed by atoms with Gasteiger partial charge in [-0.1, -0.05) is 133 Å². The lowest BCUT2D eigenvalue weighted by molar-refractivity contribution is -0.141. The van der Waals surface area contributed by atoms with Crippen LogP contribution in [0.2, 0.25) is 0 Å². The number of amides is 12. The van der Waals surface area contributed by atoms with E-state index >= 15 is 0 Å². The van der Waals surface area contributed by atoms with Crippen molar-refractivity contribution in [3.05, 3.63) is 138 Å². The number of aromatic hydroxyl groups is 1. The highest BCUT2D eigenvalue weighted by atomic mass is 16.4. The Labute approximate surface area is 614 Å². The van der Waals surface area contributed by atoms with Crippen molar-refractivity contribution in [2.75, 3.05) is 26.2 Å². The number of guanidine groups is 1. The normalized spacial score (nSPS) is 15.2. The Hall–Kier alpha value is -11.4. The largest absolute Gasteiger partial charge is 0.508 e. The number of carbonyl (C=O) groups excluding carboxylic acids is 12. The molecule has 572 valence electrons. The molecule has 1 saturated heterocycles. The third kappa shape index (κ3) is 27.0. The van der Waals surface area contributed by atoms with Crippen LogP contribution in [0.25, 0.3) is 10.9 Å². The lowest BCUT2D eigenvalue weighted by Crippen LogP contribution is -2.61.